The van der Waals surface area contributed by atoms with Crippen LogP contribution in [0.4, 0.5) is 0 Å². The first kappa shape index (κ1) is 14.9. The Bertz CT molecular complexity index is 636. The van der Waals surface area contributed by atoms with Crippen LogP contribution in [0.15, 0.2) is 52.9 Å². The van der Waals surface area contributed by atoms with Gasteiger partial charge in [0.2, 0.25) is 0 Å². The summed E-state index contributed by atoms with van der Waals surface area (Å²) in [6.45, 7) is 0. The molecule has 1 aromatic carbocycles. The summed E-state index contributed by atoms with van der Waals surface area (Å²) >= 11 is 1.43. The standard InChI is InChI=1S/C15H14N2O3S/c18-14(19)9-8-12(13-7-4-10-21-13)16-17-15(20)11-5-2-1-3-6-11/h1-7,10H,8-9H2,(H,17,20)(H,18,19)/p-1/b16-12-. The van der Waals surface area contributed by atoms with Gasteiger partial charge in [0.05, 0.1) is 10.6 Å². The highest BCUT2D eigenvalue weighted by Gasteiger charge is 2.08. The summed E-state index contributed by atoms with van der Waals surface area (Å²) in [6.07, 6.45) is 0.0653. The van der Waals surface area contributed by atoms with Gasteiger partial charge in [-0.1, -0.05) is 24.3 Å². The third-order valence-corrected chi connectivity index (χ3v) is 3.62. The Morgan fingerprint density at radius 2 is 1.86 bits per heavy atom. The van der Waals surface area contributed by atoms with Gasteiger partial charge >= 0.3 is 0 Å². The van der Waals surface area contributed by atoms with Crippen LogP contribution in [0.25, 0.3) is 0 Å². The van der Waals surface area contributed by atoms with Gasteiger partial charge in [-0.25, -0.2) is 5.43 Å². The number of nitrogens with zero attached hydrogens (tertiary/aromatic N) is 1. The number of nitrogens with one attached hydrogen (secondary N) is 1. The molecule has 6 heteroatoms. The van der Waals surface area contributed by atoms with Crippen molar-refractivity contribution < 1.29 is 14.7 Å². The monoisotopic (exact) mass is 301 g/mol. The molecule has 0 fully saturated rings. The summed E-state index contributed by atoms with van der Waals surface area (Å²) in [6, 6.07) is 12.4. The molecule has 0 saturated carbocycles. The van der Waals surface area contributed by atoms with Gasteiger partial charge in [-0.3, -0.25) is 4.79 Å². The van der Waals surface area contributed by atoms with Crippen LogP contribution in [0.2, 0.25) is 0 Å². The van der Waals surface area contributed by atoms with Crippen LogP contribution >= 0.6 is 11.3 Å². The fraction of sp³-hybridized carbons (Fsp3) is 0.133. The maximum atomic E-state index is 11.9. The third kappa shape index (κ3) is 4.54. The zero-order chi connectivity index (χ0) is 15.1. The van der Waals surface area contributed by atoms with Crippen molar-refractivity contribution in [2.45, 2.75) is 12.8 Å². The van der Waals surface area contributed by atoms with E-state index < -0.39 is 5.97 Å². The van der Waals surface area contributed by atoms with Gasteiger partial charge in [0.1, 0.15) is 0 Å². The largest absolute Gasteiger partial charge is 0.550 e. The third-order valence-electron chi connectivity index (χ3n) is 2.70. The minimum atomic E-state index is -1.14. The molecule has 0 bridgehead atoms. The van der Waals surface area contributed by atoms with Crippen LogP contribution in [0.1, 0.15) is 28.1 Å². The summed E-state index contributed by atoms with van der Waals surface area (Å²) < 4.78 is 0. The summed E-state index contributed by atoms with van der Waals surface area (Å²) in [5.41, 5.74) is 3.47. The minimum Gasteiger partial charge on any atom is -0.550 e. The molecule has 0 saturated heterocycles. The van der Waals surface area contributed by atoms with E-state index in [0.717, 1.165) is 4.88 Å². The topological polar surface area (TPSA) is 81.6 Å². The Morgan fingerprint density at radius 1 is 1.10 bits per heavy atom. The van der Waals surface area contributed by atoms with Crippen molar-refractivity contribution >= 4 is 28.9 Å². The van der Waals surface area contributed by atoms with Gasteiger partial charge < -0.3 is 9.90 Å². The number of aliphatic carboxylic acids is 1. The molecule has 0 aliphatic rings. The SMILES string of the molecule is O=C([O-])CC/C(=N/NC(=O)c1ccccc1)c1cccs1. The molecule has 1 heterocycles. The fourth-order valence-electron chi connectivity index (χ4n) is 1.67. The van der Waals surface area contributed by atoms with Crippen LogP contribution in [0.3, 0.4) is 0 Å². The number of amides is 1. The highest BCUT2D eigenvalue weighted by atomic mass is 32.1. The molecular formula is C15H13N2O3S-. The number of rotatable bonds is 6. The molecule has 5 nitrogen and oxygen atoms in total. The summed E-state index contributed by atoms with van der Waals surface area (Å²) in [5.74, 6) is -1.48. The van der Waals surface area contributed by atoms with Gasteiger partial charge in [-0.05, 0) is 36.4 Å². The predicted octanol–water partition coefficient (Wildman–Crippen LogP) is 1.41. The highest BCUT2D eigenvalue weighted by Crippen LogP contribution is 2.13. The van der Waals surface area contributed by atoms with Crippen LogP contribution < -0.4 is 10.5 Å². The van der Waals surface area contributed by atoms with Gasteiger partial charge in [-0.2, -0.15) is 5.10 Å². The Morgan fingerprint density at radius 3 is 2.48 bits per heavy atom. The van der Waals surface area contributed by atoms with Crippen LogP contribution in [-0.4, -0.2) is 17.6 Å². The smallest absolute Gasteiger partial charge is 0.271 e. The molecule has 1 N–H and O–H groups in total. The van der Waals surface area contributed by atoms with Crippen LogP contribution in [0.5, 0.6) is 0 Å². The van der Waals surface area contributed by atoms with Gasteiger partial charge in [-0.15, -0.1) is 11.3 Å². The molecule has 2 aromatic rings. The van der Waals surface area contributed by atoms with E-state index in [0.29, 0.717) is 11.3 Å². The van der Waals surface area contributed by atoms with E-state index in [-0.39, 0.29) is 18.7 Å². The number of carbonyl (C=O) groups is 2. The van der Waals surface area contributed by atoms with Crippen molar-refractivity contribution in [3.05, 3.63) is 58.3 Å². The minimum absolute atomic E-state index is 0.141. The van der Waals surface area contributed by atoms with E-state index in [2.05, 4.69) is 10.5 Å². The van der Waals surface area contributed by atoms with E-state index in [1.54, 1.807) is 24.3 Å². The number of hydrazone groups is 1. The Labute approximate surface area is 125 Å². The first-order valence-electron chi connectivity index (χ1n) is 6.32. The second kappa shape index (κ2) is 7.35. The van der Waals surface area contributed by atoms with Crippen molar-refractivity contribution in [2.75, 3.05) is 0 Å². The zero-order valence-corrected chi connectivity index (χ0v) is 11.9. The molecule has 0 radical (unpaired) electrons. The van der Waals surface area contributed by atoms with Gasteiger partial charge in [0.15, 0.2) is 0 Å². The molecule has 2 rings (SSSR count). The quantitative estimate of drug-likeness (QED) is 0.647. The molecule has 1 aromatic heterocycles. The molecule has 0 aliphatic carbocycles. The lowest BCUT2D eigenvalue weighted by molar-refractivity contribution is -0.305. The lowest BCUT2D eigenvalue weighted by atomic mass is 10.2. The second-order valence-corrected chi connectivity index (χ2v) is 5.16. The van der Waals surface area contributed by atoms with Crippen LogP contribution in [-0.2, 0) is 4.79 Å². The van der Waals surface area contributed by atoms with Crippen molar-refractivity contribution in [3.63, 3.8) is 0 Å². The number of carboxylic acids is 1. The molecule has 1 amide bonds. The van der Waals surface area contributed by atoms with Gasteiger partial charge in [0.25, 0.3) is 5.91 Å². The van der Waals surface area contributed by atoms with Crippen molar-refractivity contribution in [3.8, 4) is 0 Å². The summed E-state index contributed by atoms with van der Waals surface area (Å²) in [5, 5.41) is 16.5. The molecule has 0 aliphatic heterocycles. The molecule has 0 atom stereocenters. The van der Waals surface area contributed by atoms with E-state index in [9.17, 15) is 14.7 Å². The van der Waals surface area contributed by atoms with E-state index in [4.69, 9.17) is 0 Å². The number of hydrogen-bond donors (Lipinski definition) is 1. The predicted molar refractivity (Wildman–Crippen MR) is 79.0 cm³/mol. The van der Waals surface area contributed by atoms with Crippen molar-refractivity contribution in [1.29, 1.82) is 0 Å². The number of carbonyl (C=O) groups excluding carboxylic acids is 2. The summed E-state index contributed by atoms with van der Waals surface area (Å²) in [4.78, 5) is 23.3. The lowest BCUT2D eigenvalue weighted by Gasteiger charge is -2.06. The average molecular weight is 301 g/mol. The zero-order valence-electron chi connectivity index (χ0n) is 11.1. The Kier molecular flexibility index (Phi) is 5.22. The normalized spacial score (nSPS) is 11.1. The molecule has 108 valence electrons. The summed E-state index contributed by atoms with van der Waals surface area (Å²) in [7, 11) is 0. The maximum absolute atomic E-state index is 11.9. The van der Waals surface area contributed by atoms with Gasteiger partial charge in [0, 0.05) is 11.5 Å². The number of carboxylic acid groups (broad SMARTS) is 1. The highest BCUT2D eigenvalue weighted by molar-refractivity contribution is 7.12. The Hall–Kier alpha value is -2.47. The van der Waals surface area contributed by atoms with Crippen LogP contribution in [0, 0.1) is 0 Å². The first-order chi connectivity index (χ1) is 10.2. The molecular weight excluding hydrogens is 288 g/mol. The molecule has 0 spiro atoms. The molecule has 0 unspecified atom stereocenters. The average Bonchev–Trinajstić information content (AvgIpc) is 3.02. The Balaban J connectivity index is 2.09. The van der Waals surface area contributed by atoms with Crippen molar-refractivity contribution in [2.24, 2.45) is 5.10 Å². The molecule has 21 heavy (non-hydrogen) atoms. The second-order valence-electron chi connectivity index (χ2n) is 4.21. The maximum Gasteiger partial charge on any atom is 0.271 e. The number of benzene rings is 1. The van der Waals surface area contributed by atoms with E-state index >= 15 is 0 Å². The number of hydrogen-bond acceptors (Lipinski definition) is 5. The van der Waals surface area contributed by atoms with Crippen molar-refractivity contribution in [1.82, 2.24) is 5.43 Å². The van der Waals surface area contributed by atoms with E-state index in [1.165, 1.54) is 11.3 Å². The number of thiophene rings is 1. The van der Waals surface area contributed by atoms with E-state index in [1.807, 2.05) is 23.6 Å². The lowest BCUT2D eigenvalue weighted by Crippen LogP contribution is -2.24. The fourth-order valence-corrected chi connectivity index (χ4v) is 2.41. The first-order valence-corrected chi connectivity index (χ1v) is 7.20.